The Labute approximate surface area is 136 Å². The van der Waals surface area contributed by atoms with Crippen LogP contribution in [0.15, 0.2) is 0 Å². The molecule has 2 N–H and O–H groups in total. The van der Waals surface area contributed by atoms with Gasteiger partial charge in [0.15, 0.2) is 0 Å². The van der Waals surface area contributed by atoms with Crippen LogP contribution in [0.2, 0.25) is 0 Å². The molecular formula is C17H35N3O2. The van der Waals surface area contributed by atoms with Crippen molar-refractivity contribution in [1.82, 2.24) is 15.5 Å². The number of hydrogen-bond acceptors (Lipinski definition) is 3. The molecule has 0 spiro atoms. The van der Waals surface area contributed by atoms with E-state index in [0.717, 1.165) is 13.1 Å². The van der Waals surface area contributed by atoms with Gasteiger partial charge in [-0.15, -0.1) is 0 Å². The molecule has 0 heterocycles. The van der Waals surface area contributed by atoms with Gasteiger partial charge in [-0.1, -0.05) is 41.5 Å². The van der Waals surface area contributed by atoms with Gasteiger partial charge >= 0.3 is 0 Å². The fraction of sp³-hybridized carbons (Fsp3) is 0.882. The van der Waals surface area contributed by atoms with E-state index < -0.39 is 0 Å². The van der Waals surface area contributed by atoms with Crippen molar-refractivity contribution < 1.29 is 9.59 Å². The second kappa shape index (κ2) is 9.13. The van der Waals surface area contributed by atoms with Crippen LogP contribution in [-0.2, 0) is 9.59 Å². The first-order chi connectivity index (χ1) is 9.89. The average molecular weight is 313 g/mol. The Morgan fingerprint density at radius 1 is 0.773 bits per heavy atom. The minimum Gasteiger partial charge on any atom is -0.355 e. The molecule has 0 aromatic rings. The minimum absolute atomic E-state index is 0.0212. The van der Waals surface area contributed by atoms with Crippen LogP contribution in [0.3, 0.4) is 0 Å². The van der Waals surface area contributed by atoms with Gasteiger partial charge in [0.25, 0.3) is 0 Å². The summed E-state index contributed by atoms with van der Waals surface area (Å²) < 4.78 is 0. The zero-order valence-electron chi connectivity index (χ0n) is 15.5. The van der Waals surface area contributed by atoms with Crippen molar-refractivity contribution in [3.8, 4) is 0 Å². The van der Waals surface area contributed by atoms with Crippen molar-refractivity contribution in [2.75, 3.05) is 33.2 Å². The fourth-order valence-electron chi connectivity index (χ4n) is 1.97. The van der Waals surface area contributed by atoms with Crippen LogP contribution >= 0.6 is 0 Å². The van der Waals surface area contributed by atoms with Gasteiger partial charge in [-0.3, -0.25) is 9.59 Å². The van der Waals surface area contributed by atoms with Gasteiger partial charge in [0.2, 0.25) is 11.8 Å². The van der Waals surface area contributed by atoms with E-state index in [-0.39, 0.29) is 22.6 Å². The molecule has 130 valence electrons. The minimum atomic E-state index is 0.0212. The lowest BCUT2D eigenvalue weighted by atomic mass is 9.92. The van der Waals surface area contributed by atoms with E-state index >= 15 is 0 Å². The SMILES string of the molecule is CN(CCNC(=O)CC(C)(C)C)CCNC(=O)CC(C)(C)C. The summed E-state index contributed by atoms with van der Waals surface area (Å²) in [6.07, 6.45) is 1.08. The molecule has 0 radical (unpaired) electrons. The van der Waals surface area contributed by atoms with Gasteiger partial charge in [0.1, 0.15) is 0 Å². The molecule has 0 saturated carbocycles. The van der Waals surface area contributed by atoms with E-state index in [0.29, 0.717) is 25.9 Å². The second-order valence-corrected chi connectivity index (χ2v) is 8.48. The van der Waals surface area contributed by atoms with Crippen LogP contribution in [0.1, 0.15) is 54.4 Å². The Bertz CT molecular complexity index is 320. The number of carbonyl (C=O) groups excluding carboxylic acids is 2. The summed E-state index contributed by atoms with van der Waals surface area (Å²) in [6, 6.07) is 0. The molecule has 5 heteroatoms. The van der Waals surface area contributed by atoms with Crippen molar-refractivity contribution in [3.63, 3.8) is 0 Å². The molecule has 5 nitrogen and oxygen atoms in total. The Kier molecular flexibility index (Phi) is 8.68. The third-order valence-electron chi connectivity index (χ3n) is 3.01. The normalized spacial score (nSPS) is 12.4. The molecule has 0 aliphatic carbocycles. The van der Waals surface area contributed by atoms with Crippen LogP contribution in [-0.4, -0.2) is 49.9 Å². The third-order valence-corrected chi connectivity index (χ3v) is 3.01. The predicted octanol–water partition coefficient (Wildman–Crippen LogP) is 2.02. The van der Waals surface area contributed by atoms with Crippen LogP contribution in [0.25, 0.3) is 0 Å². The first-order valence-electron chi connectivity index (χ1n) is 8.11. The molecule has 0 aromatic carbocycles. The number of amides is 2. The monoisotopic (exact) mass is 313 g/mol. The molecule has 0 bridgehead atoms. The molecule has 2 amide bonds. The predicted molar refractivity (Wildman–Crippen MR) is 91.7 cm³/mol. The van der Waals surface area contributed by atoms with Crippen molar-refractivity contribution in [2.45, 2.75) is 54.4 Å². The molecular weight excluding hydrogens is 278 g/mol. The van der Waals surface area contributed by atoms with E-state index in [1.165, 1.54) is 0 Å². The average Bonchev–Trinajstić information content (AvgIpc) is 2.23. The molecule has 0 unspecified atom stereocenters. The first kappa shape index (κ1) is 20.9. The summed E-state index contributed by atoms with van der Waals surface area (Å²) in [5.74, 6) is 0.193. The highest BCUT2D eigenvalue weighted by atomic mass is 16.2. The van der Waals surface area contributed by atoms with E-state index in [9.17, 15) is 9.59 Å². The van der Waals surface area contributed by atoms with Crippen LogP contribution < -0.4 is 10.6 Å². The number of nitrogens with zero attached hydrogens (tertiary/aromatic N) is 1. The van der Waals surface area contributed by atoms with Crippen molar-refractivity contribution in [3.05, 3.63) is 0 Å². The Morgan fingerprint density at radius 2 is 1.09 bits per heavy atom. The van der Waals surface area contributed by atoms with Gasteiger partial charge < -0.3 is 15.5 Å². The molecule has 0 rings (SSSR count). The molecule has 0 saturated heterocycles. The summed E-state index contributed by atoms with van der Waals surface area (Å²) in [4.78, 5) is 25.5. The lowest BCUT2D eigenvalue weighted by Gasteiger charge is -2.20. The third kappa shape index (κ3) is 13.9. The second-order valence-electron chi connectivity index (χ2n) is 8.48. The largest absolute Gasteiger partial charge is 0.355 e. The number of nitrogens with one attached hydrogen (secondary N) is 2. The topological polar surface area (TPSA) is 61.4 Å². The number of likely N-dealkylation sites (N-methyl/N-ethyl adjacent to an activating group) is 1. The molecule has 0 aromatic heterocycles. The smallest absolute Gasteiger partial charge is 0.220 e. The van der Waals surface area contributed by atoms with E-state index in [2.05, 4.69) is 57.1 Å². The summed E-state index contributed by atoms with van der Waals surface area (Å²) in [5.41, 5.74) is 0.0423. The Hall–Kier alpha value is -1.10. The van der Waals surface area contributed by atoms with Gasteiger partial charge in [-0.25, -0.2) is 0 Å². The molecule has 0 aliphatic heterocycles. The lowest BCUT2D eigenvalue weighted by Crippen LogP contribution is -2.38. The van der Waals surface area contributed by atoms with Gasteiger partial charge in [-0.05, 0) is 17.9 Å². The molecule has 0 aliphatic rings. The maximum atomic E-state index is 11.7. The van der Waals surface area contributed by atoms with Crippen molar-refractivity contribution in [1.29, 1.82) is 0 Å². The summed E-state index contributed by atoms with van der Waals surface area (Å²) in [7, 11) is 1.99. The lowest BCUT2D eigenvalue weighted by molar-refractivity contribution is -0.123. The maximum Gasteiger partial charge on any atom is 0.220 e. The highest BCUT2D eigenvalue weighted by molar-refractivity contribution is 5.76. The van der Waals surface area contributed by atoms with Gasteiger partial charge in [-0.2, -0.15) is 0 Å². The van der Waals surface area contributed by atoms with E-state index in [1.807, 2.05) is 7.05 Å². The van der Waals surface area contributed by atoms with Crippen LogP contribution in [0, 0.1) is 10.8 Å². The van der Waals surface area contributed by atoms with Crippen molar-refractivity contribution >= 4 is 11.8 Å². The maximum absolute atomic E-state index is 11.7. The fourth-order valence-corrected chi connectivity index (χ4v) is 1.97. The van der Waals surface area contributed by atoms with Gasteiger partial charge in [0, 0.05) is 39.0 Å². The van der Waals surface area contributed by atoms with Crippen LogP contribution in [0.4, 0.5) is 0 Å². The molecule has 0 atom stereocenters. The molecule has 22 heavy (non-hydrogen) atoms. The summed E-state index contributed by atoms with van der Waals surface area (Å²) >= 11 is 0. The quantitative estimate of drug-likeness (QED) is 0.721. The summed E-state index contributed by atoms with van der Waals surface area (Å²) in [5, 5.41) is 5.86. The number of rotatable bonds is 8. The Balaban J connectivity index is 3.73. The number of carbonyl (C=O) groups is 2. The molecule has 0 fully saturated rings. The highest BCUT2D eigenvalue weighted by Gasteiger charge is 2.16. The van der Waals surface area contributed by atoms with Crippen molar-refractivity contribution in [2.24, 2.45) is 10.8 Å². The van der Waals surface area contributed by atoms with E-state index in [1.54, 1.807) is 0 Å². The zero-order valence-corrected chi connectivity index (χ0v) is 15.5. The first-order valence-corrected chi connectivity index (χ1v) is 8.11. The van der Waals surface area contributed by atoms with Gasteiger partial charge in [0.05, 0.1) is 0 Å². The highest BCUT2D eigenvalue weighted by Crippen LogP contribution is 2.18. The van der Waals surface area contributed by atoms with E-state index in [4.69, 9.17) is 0 Å². The zero-order chi connectivity index (χ0) is 17.4. The summed E-state index contributed by atoms with van der Waals surface area (Å²) in [6.45, 7) is 15.2. The van der Waals surface area contributed by atoms with Crippen LogP contribution in [0.5, 0.6) is 0 Å². The number of hydrogen-bond donors (Lipinski definition) is 2. The Morgan fingerprint density at radius 3 is 1.36 bits per heavy atom. The standard InChI is InChI=1S/C17H35N3O2/c1-16(2,3)12-14(21)18-8-10-20(7)11-9-19-15(22)13-17(4,5)6/h8-13H2,1-7H3,(H,18,21)(H,19,22).